The number of nitrogens with zero attached hydrogens (tertiary/aromatic N) is 6. The van der Waals surface area contributed by atoms with E-state index in [9.17, 15) is 0 Å². The third-order valence-electron chi connectivity index (χ3n) is 4.96. The standard InChI is InChI=1S/C20H20N6S2/c1-14-5-7-15(8-6-14)26-19(25-10-3-2-4-11-25)23-24-20(26)28-18-16-9-12-27-17(16)21-13-22-18/h5-9,12-13H,2-4,10-11H2,1H3. The van der Waals surface area contributed by atoms with E-state index in [0.717, 1.165) is 45.1 Å². The van der Waals surface area contributed by atoms with Crippen LogP contribution in [0.1, 0.15) is 24.8 Å². The van der Waals surface area contributed by atoms with Crippen LogP contribution in [0, 0.1) is 6.92 Å². The van der Waals surface area contributed by atoms with Crippen molar-refractivity contribution >= 4 is 39.3 Å². The van der Waals surface area contributed by atoms with Gasteiger partial charge in [0.2, 0.25) is 11.1 Å². The van der Waals surface area contributed by atoms with Crippen molar-refractivity contribution in [3.8, 4) is 5.69 Å². The summed E-state index contributed by atoms with van der Waals surface area (Å²) in [5.74, 6) is 0.918. The molecule has 1 saturated heterocycles. The van der Waals surface area contributed by atoms with E-state index in [0.29, 0.717) is 0 Å². The lowest BCUT2D eigenvalue weighted by Crippen LogP contribution is -2.31. The first-order chi connectivity index (χ1) is 13.8. The highest BCUT2D eigenvalue weighted by Crippen LogP contribution is 2.35. The number of hydrogen-bond donors (Lipinski definition) is 0. The Hall–Kier alpha value is -2.45. The quantitative estimate of drug-likeness (QED) is 0.455. The predicted octanol–water partition coefficient (Wildman–Crippen LogP) is 4.72. The normalized spacial score (nSPS) is 14.7. The van der Waals surface area contributed by atoms with Gasteiger partial charge in [0.15, 0.2) is 0 Å². The van der Waals surface area contributed by atoms with Crippen molar-refractivity contribution in [2.75, 3.05) is 18.0 Å². The second kappa shape index (κ2) is 7.52. The molecule has 0 unspecified atom stereocenters. The van der Waals surface area contributed by atoms with Crippen LogP contribution in [0.25, 0.3) is 15.9 Å². The molecule has 28 heavy (non-hydrogen) atoms. The van der Waals surface area contributed by atoms with Gasteiger partial charge in [-0.25, -0.2) is 9.97 Å². The average molecular weight is 409 g/mol. The Labute approximate surface area is 171 Å². The molecule has 3 aromatic heterocycles. The first kappa shape index (κ1) is 17.6. The van der Waals surface area contributed by atoms with Gasteiger partial charge in [0.1, 0.15) is 16.2 Å². The van der Waals surface area contributed by atoms with Crippen LogP contribution in [-0.4, -0.2) is 37.8 Å². The Balaban J connectivity index is 1.60. The molecule has 1 aliphatic heterocycles. The second-order valence-electron chi connectivity index (χ2n) is 6.92. The highest BCUT2D eigenvalue weighted by atomic mass is 32.2. The fraction of sp³-hybridized carbons (Fsp3) is 0.300. The molecule has 1 aromatic carbocycles. The molecular formula is C20H20N6S2. The molecule has 1 fully saturated rings. The van der Waals surface area contributed by atoms with Crippen LogP contribution >= 0.6 is 23.1 Å². The molecule has 0 spiro atoms. The zero-order valence-corrected chi connectivity index (χ0v) is 17.2. The molecule has 142 valence electrons. The third-order valence-corrected chi connectivity index (χ3v) is 6.75. The number of piperidine rings is 1. The van der Waals surface area contributed by atoms with Gasteiger partial charge in [-0.05, 0) is 61.5 Å². The Morgan fingerprint density at radius 2 is 1.79 bits per heavy atom. The maximum atomic E-state index is 4.58. The minimum absolute atomic E-state index is 0.829. The average Bonchev–Trinajstić information content (AvgIpc) is 3.37. The molecule has 0 aliphatic carbocycles. The molecule has 4 heterocycles. The van der Waals surface area contributed by atoms with Crippen LogP contribution in [0.5, 0.6) is 0 Å². The van der Waals surface area contributed by atoms with Crippen LogP contribution in [0.3, 0.4) is 0 Å². The Morgan fingerprint density at radius 1 is 0.964 bits per heavy atom. The van der Waals surface area contributed by atoms with Gasteiger partial charge in [-0.15, -0.1) is 21.5 Å². The topological polar surface area (TPSA) is 59.7 Å². The summed E-state index contributed by atoms with van der Waals surface area (Å²) >= 11 is 3.18. The van der Waals surface area contributed by atoms with Gasteiger partial charge in [-0.2, -0.15) is 0 Å². The van der Waals surface area contributed by atoms with E-state index >= 15 is 0 Å². The number of thiophene rings is 1. The lowest BCUT2D eigenvalue weighted by atomic mass is 10.1. The summed E-state index contributed by atoms with van der Waals surface area (Å²) in [5, 5.41) is 14.0. The predicted molar refractivity (Wildman–Crippen MR) is 114 cm³/mol. The minimum atomic E-state index is 0.829. The Morgan fingerprint density at radius 3 is 2.61 bits per heavy atom. The van der Waals surface area contributed by atoms with E-state index in [-0.39, 0.29) is 0 Å². The Bertz CT molecular complexity index is 1100. The third kappa shape index (κ3) is 3.27. The summed E-state index contributed by atoms with van der Waals surface area (Å²) in [6.07, 6.45) is 5.31. The summed E-state index contributed by atoms with van der Waals surface area (Å²) in [6, 6.07) is 10.6. The van der Waals surface area contributed by atoms with E-state index in [2.05, 4.69) is 66.9 Å². The van der Waals surface area contributed by atoms with E-state index in [1.165, 1.54) is 24.8 Å². The van der Waals surface area contributed by atoms with Crippen LogP contribution < -0.4 is 4.90 Å². The molecule has 0 saturated carbocycles. The van der Waals surface area contributed by atoms with Crippen LogP contribution in [0.4, 0.5) is 5.95 Å². The van der Waals surface area contributed by atoms with Crippen molar-refractivity contribution in [3.63, 3.8) is 0 Å². The van der Waals surface area contributed by atoms with Crippen LogP contribution in [0.2, 0.25) is 0 Å². The molecule has 0 amide bonds. The van der Waals surface area contributed by atoms with Gasteiger partial charge >= 0.3 is 0 Å². The minimum Gasteiger partial charge on any atom is -0.341 e. The summed E-state index contributed by atoms with van der Waals surface area (Å²) in [6.45, 7) is 4.15. The fourth-order valence-corrected chi connectivity index (χ4v) is 5.19. The van der Waals surface area contributed by atoms with E-state index in [4.69, 9.17) is 0 Å². The first-order valence-corrected chi connectivity index (χ1v) is 11.1. The highest BCUT2D eigenvalue weighted by Gasteiger charge is 2.22. The van der Waals surface area contributed by atoms with Gasteiger partial charge in [0.05, 0.1) is 5.69 Å². The van der Waals surface area contributed by atoms with Crippen molar-refractivity contribution < 1.29 is 0 Å². The fourth-order valence-electron chi connectivity index (χ4n) is 3.48. The number of benzene rings is 1. The molecule has 0 atom stereocenters. The number of aromatic nitrogens is 5. The van der Waals surface area contributed by atoms with Crippen molar-refractivity contribution in [1.29, 1.82) is 0 Å². The number of anilines is 1. The van der Waals surface area contributed by atoms with Crippen molar-refractivity contribution in [1.82, 2.24) is 24.7 Å². The monoisotopic (exact) mass is 408 g/mol. The zero-order valence-electron chi connectivity index (χ0n) is 15.6. The maximum absolute atomic E-state index is 4.58. The van der Waals surface area contributed by atoms with Crippen molar-refractivity contribution in [2.24, 2.45) is 0 Å². The van der Waals surface area contributed by atoms with E-state index < -0.39 is 0 Å². The van der Waals surface area contributed by atoms with Crippen molar-refractivity contribution in [2.45, 2.75) is 36.4 Å². The van der Waals surface area contributed by atoms with Gasteiger partial charge in [-0.3, -0.25) is 4.57 Å². The largest absolute Gasteiger partial charge is 0.341 e. The van der Waals surface area contributed by atoms with Crippen molar-refractivity contribution in [3.05, 3.63) is 47.6 Å². The molecule has 8 heteroatoms. The summed E-state index contributed by atoms with van der Waals surface area (Å²) in [7, 11) is 0. The number of fused-ring (bicyclic) bond motifs is 1. The first-order valence-electron chi connectivity index (χ1n) is 9.43. The van der Waals surface area contributed by atoms with Crippen LogP contribution in [-0.2, 0) is 0 Å². The van der Waals surface area contributed by atoms with Gasteiger partial charge < -0.3 is 4.90 Å². The van der Waals surface area contributed by atoms with Crippen LogP contribution in [0.15, 0.2) is 52.2 Å². The van der Waals surface area contributed by atoms with E-state index in [1.54, 1.807) is 29.4 Å². The summed E-state index contributed by atoms with van der Waals surface area (Å²) < 4.78 is 2.16. The molecule has 5 rings (SSSR count). The highest BCUT2D eigenvalue weighted by molar-refractivity contribution is 7.99. The molecule has 6 nitrogen and oxygen atoms in total. The molecular weight excluding hydrogens is 388 g/mol. The molecule has 0 bridgehead atoms. The molecule has 0 N–H and O–H groups in total. The molecule has 1 aliphatic rings. The smallest absolute Gasteiger partial charge is 0.232 e. The maximum Gasteiger partial charge on any atom is 0.232 e. The lowest BCUT2D eigenvalue weighted by Gasteiger charge is -2.27. The zero-order chi connectivity index (χ0) is 18.9. The lowest BCUT2D eigenvalue weighted by molar-refractivity contribution is 0.564. The van der Waals surface area contributed by atoms with Gasteiger partial charge in [0, 0.05) is 18.5 Å². The van der Waals surface area contributed by atoms with E-state index in [1.807, 2.05) is 5.38 Å². The number of aryl methyl sites for hydroxylation is 1. The number of rotatable bonds is 4. The summed E-state index contributed by atoms with van der Waals surface area (Å²) in [5.41, 5.74) is 2.32. The summed E-state index contributed by atoms with van der Waals surface area (Å²) in [4.78, 5) is 12.2. The van der Waals surface area contributed by atoms with Gasteiger partial charge in [-0.1, -0.05) is 17.7 Å². The number of hydrogen-bond acceptors (Lipinski definition) is 7. The molecule has 0 radical (unpaired) electrons. The second-order valence-corrected chi connectivity index (χ2v) is 8.77. The molecule has 4 aromatic rings. The Kier molecular flexibility index (Phi) is 4.74. The SMILES string of the molecule is Cc1ccc(-n2c(Sc3ncnc4sccc34)nnc2N2CCCCC2)cc1. The van der Waals surface area contributed by atoms with Gasteiger partial charge in [0.25, 0.3) is 0 Å².